The minimum atomic E-state index is -1.20. The molecule has 1 saturated heterocycles. The monoisotopic (exact) mass is 397 g/mol. The lowest BCUT2D eigenvalue weighted by Crippen LogP contribution is -2.40. The van der Waals surface area contributed by atoms with E-state index in [4.69, 9.17) is 9.47 Å². The van der Waals surface area contributed by atoms with Crippen molar-refractivity contribution in [3.8, 4) is 0 Å². The Kier molecular flexibility index (Phi) is 5.46. The molecule has 6 nitrogen and oxygen atoms in total. The van der Waals surface area contributed by atoms with Gasteiger partial charge in [-0.3, -0.25) is 4.79 Å². The molecule has 0 radical (unpaired) electrons. The van der Waals surface area contributed by atoms with Crippen molar-refractivity contribution in [1.82, 2.24) is 4.57 Å². The van der Waals surface area contributed by atoms with Gasteiger partial charge in [-0.1, -0.05) is 37.5 Å². The van der Waals surface area contributed by atoms with Crippen molar-refractivity contribution in [2.75, 3.05) is 13.2 Å². The maximum Gasteiger partial charge on any atom is 0.334 e. The number of nitrogens with zero attached hydrogens (tertiary/aromatic N) is 1. The van der Waals surface area contributed by atoms with Crippen molar-refractivity contribution in [1.29, 1.82) is 0 Å². The van der Waals surface area contributed by atoms with Gasteiger partial charge in [-0.2, -0.15) is 0 Å². The van der Waals surface area contributed by atoms with Crippen LogP contribution in [0.4, 0.5) is 0 Å². The third-order valence-corrected chi connectivity index (χ3v) is 6.05. The van der Waals surface area contributed by atoms with Crippen LogP contribution in [0.5, 0.6) is 0 Å². The van der Waals surface area contributed by atoms with E-state index in [9.17, 15) is 14.7 Å². The van der Waals surface area contributed by atoms with Crippen LogP contribution < -0.4 is 0 Å². The molecule has 4 rings (SSSR count). The zero-order chi connectivity index (χ0) is 20.4. The molecule has 6 heteroatoms. The number of cyclic esters (lactones) is 1. The molecule has 0 bridgehead atoms. The normalized spacial score (nSPS) is 24.2. The standard InChI is InChI=1S/C23H27NO5/c1-24-13-18(19-9-5-6-10-20(19)24)11-17-12-23(14-25,29-22(17)27)15-28-21(26)16-7-3-2-4-8-16/h5-6,9-11,13,16,25H,2-4,7-8,12,14-15H2,1H3/b17-11+. The number of hydrogen-bond donors (Lipinski definition) is 1. The Bertz CT molecular complexity index is 953. The number of para-hydroxylation sites is 1. The minimum absolute atomic E-state index is 0.0812. The van der Waals surface area contributed by atoms with Crippen LogP contribution >= 0.6 is 0 Å². The number of rotatable bonds is 5. The first-order valence-electron chi connectivity index (χ1n) is 10.3. The van der Waals surface area contributed by atoms with Gasteiger partial charge in [0.05, 0.1) is 12.5 Å². The number of hydrogen-bond acceptors (Lipinski definition) is 5. The summed E-state index contributed by atoms with van der Waals surface area (Å²) in [6, 6.07) is 7.96. The maximum atomic E-state index is 12.5. The molecule has 1 saturated carbocycles. The summed E-state index contributed by atoms with van der Waals surface area (Å²) in [6.07, 6.45) is 8.91. The Labute approximate surface area is 170 Å². The lowest BCUT2D eigenvalue weighted by atomic mass is 9.89. The van der Waals surface area contributed by atoms with Gasteiger partial charge in [0.2, 0.25) is 0 Å². The van der Waals surface area contributed by atoms with E-state index in [-0.39, 0.29) is 31.5 Å². The lowest BCUT2D eigenvalue weighted by molar-refractivity contribution is -0.169. The highest BCUT2D eigenvalue weighted by molar-refractivity contribution is 5.99. The summed E-state index contributed by atoms with van der Waals surface area (Å²) in [5, 5.41) is 11.0. The molecule has 154 valence electrons. The first kappa shape index (κ1) is 19.7. The molecular weight excluding hydrogens is 370 g/mol. The number of carbonyl (C=O) groups is 2. The van der Waals surface area contributed by atoms with Crippen LogP contribution in [-0.4, -0.2) is 40.4 Å². The quantitative estimate of drug-likeness (QED) is 0.618. The van der Waals surface area contributed by atoms with E-state index in [0.29, 0.717) is 5.57 Å². The number of aryl methyl sites for hydroxylation is 1. The predicted molar refractivity (Wildman–Crippen MR) is 109 cm³/mol. The van der Waals surface area contributed by atoms with E-state index in [1.165, 1.54) is 0 Å². The first-order valence-corrected chi connectivity index (χ1v) is 10.3. The van der Waals surface area contributed by atoms with E-state index in [0.717, 1.165) is 48.6 Å². The molecule has 1 aromatic carbocycles. The Morgan fingerprint density at radius 3 is 2.83 bits per heavy atom. The first-order chi connectivity index (χ1) is 14.0. The predicted octanol–water partition coefficient (Wildman–Crippen LogP) is 3.36. The summed E-state index contributed by atoms with van der Waals surface area (Å²) >= 11 is 0. The van der Waals surface area contributed by atoms with Crippen LogP contribution in [0.2, 0.25) is 0 Å². The van der Waals surface area contributed by atoms with E-state index < -0.39 is 11.6 Å². The third kappa shape index (κ3) is 3.94. The summed E-state index contributed by atoms with van der Waals surface area (Å²) in [6.45, 7) is -0.499. The van der Waals surface area contributed by atoms with Crippen LogP contribution in [0.25, 0.3) is 17.0 Å². The molecule has 1 aromatic heterocycles. The molecule has 29 heavy (non-hydrogen) atoms. The highest BCUT2D eigenvalue weighted by Crippen LogP contribution is 2.34. The second-order valence-corrected chi connectivity index (χ2v) is 8.23. The number of aliphatic hydroxyl groups is 1. The van der Waals surface area contributed by atoms with Gasteiger partial charge in [-0.25, -0.2) is 4.79 Å². The summed E-state index contributed by atoms with van der Waals surface area (Å²) in [5.74, 6) is -0.803. The molecule has 2 aromatic rings. The van der Waals surface area contributed by atoms with Gasteiger partial charge >= 0.3 is 11.9 Å². The van der Waals surface area contributed by atoms with Crippen LogP contribution in [0.1, 0.15) is 44.1 Å². The van der Waals surface area contributed by atoms with Gasteiger partial charge in [-0.15, -0.1) is 0 Å². The topological polar surface area (TPSA) is 77.8 Å². The fourth-order valence-electron chi connectivity index (χ4n) is 4.38. The molecule has 1 aliphatic heterocycles. The van der Waals surface area contributed by atoms with Gasteiger partial charge < -0.3 is 19.1 Å². The molecule has 1 aliphatic carbocycles. The Hall–Kier alpha value is -2.60. The summed E-state index contributed by atoms with van der Waals surface area (Å²) in [5.41, 5.74) is 1.27. The molecule has 2 fully saturated rings. The molecule has 1 atom stereocenters. The second kappa shape index (κ2) is 8.03. The lowest BCUT2D eigenvalue weighted by Gasteiger charge is -2.26. The van der Waals surface area contributed by atoms with Crippen molar-refractivity contribution < 1.29 is 24.2 Å². The molecule has 2 heterocycles. The van der Waals surface area contributed by atoms with Crippen LogP contribution in [-0.2, 0) is 26.1 Å². The molecular formula is C23H27NO5. The number of fused-ring (bicyclic) bond motifs is 1. The minimum Gasteiger partial charge on any atom is -0.461 e. The van der Waals surface area contributed by atoms with Gasteiger partial charge in [0.1, 0.15) is 6.61 Å². The maximum absolute atomic E-state index is 12.5. The zero-order valence-electron chi connectivity index (χ0n) is 16.7. The molecule has 0 spiro atoms. The number of carbonyl (C=O) groups excluding carboxylic acids is 2. The van der Waals surface area contributed by atoms with Crippen molar-refractivity contribution >= 4 is 28.9 Å². The van der Waals surface area contributed by atoms with E-state index in [1.54, 1.807) is 0 Å². The number of aliphatic hydroxyl groups excluding tert-OH is 1. The SMILES string of the molecule is Cn1cc(/C=C2\CC(CO)(COC(=O)C3CCCCC3)OC2=O)c2ccccc21. The van der Waals surface area contributed by atoms with Crippen molar-refractivity contribution in [2.24, 2.45) is 13.0 Å². The Morgan fingerprint density at radius 1 is 1.31 bits per heavy atom. The van der Waals surface area contributed by atoms with E-state index >= 15 is 0 Å². The fraction of sp³-hybridized carbons (Fsp3) is 0.478. The van der Waals surface area contributed by atoms with Gasteiger partial charge in [0, 0.05) is 41.7 Å². The van der Waals surface area contributed by atoms with Crippen molar-refractivity contribution in [3.63, 3.8) is 0 Å². The molecule has 2 aliphatic rings. The largest absolute Gasteiger partial charge is 0.461 e. The zero-order valence-corrected chi connectivity index (χ0v) is 16.7. The highest BCUT2D eigenvalue weighted by Gasteiger charge is 2.45. The number of ether oxygens (including phenoxy) is 2. The fourth-order valence-corrected chi connectivity index (χ4v) is 4.38. The molecule has 1 N–H and O–H groups in total. The molecule has 0 amide bonds. The van der Waals surface area contributed by atoms with Crippen molar-refractivity contribution in [2.45, 2.75) is 44.1 Å². The van der Waals surface area contributed by atoms with Gasteiger partial charge in [0.25, 0.3) is 0 Å². The van der Waals surface area contributed by atoms with Crippen LogP contribution in [0.15, 0.2) is 36.0 Å². The summed E-state index contributed by atoms with van der Waals surface area (Å²) in [7, 11) is 1.96. The Morgan fingerprint density at radius 2 is 2.07 bits per heavy atom. The third-order valence-electron chi connectivity index (χ3n) is 6.05. The highest BCUT2D eigenvalue weighted by atomic mass is 16.6. The number of benzene rings is 1. The van der Waals surface area contributed by atoms with Crippen LogP contribution in [0.3, 0.4) is 0 Å². The average molecular weight is 397 g/mol. The van der Waals surface area contributed by atoms with Crippen LogP contribution in [0, 0.1) is 5.92 Å². The molecule has 1 unspecified atom stereocenters. The van der Waals surface area contributed by atoms with Gasteiger partial charge in [-0.05, 0) is 25.0 Å². The smallest absolute Gasteiger partial charge is 0.334 e. The Balaban J connectivity index is 1.50. The summed E-state index contributed by atoms with van der Waals surface area (Å²) in [4.78, 5) is 24.8. The average Bonchev–Trinajstić information content (AvgIpc) is 3.24. The number of aromatic nitrogens is 1. The van der Waals surface area contributed by atoms with E-state index in [2.05, 4.69) is 0 Å². The number of esters is 2. The second-order valence-electron chi connectivity index (χ2n) is 8.23. The van der Waals surface area contributed by atoms with E-state index in [1.807, 2.05) is 48.2 Å². The summed E-state index contributed by atoms with van der Waals surface area (Å²) < 4.78 is 13.0. The van der Waals surface area contributed by atoms with Gasteiger partial charge in [0.15, 0.2) is 5.60 Å². The van der Waals surface area contributed by atoms with Crippen molar-refractivity contribution in [3.05, 3.63) is 41.6 Å².